The summed E-state index contributed by atoms with van der Waals surface area (Å²) in [7, 11) is 0. The van der Waals surface area contributed by atoms with Crippen molar-refractivity contribution in [3.05, 3.63) is 41.4 Å². The molecule has 0 saturated heterocycles. The highest BCUT2D eigenvalue weighted by Crippen LogP contribution is 2.22. The number of rotatable bonds is 1. The molecule has 0 spiro atoms. The SMILES string of the molecule is Cc1cccc(-c2cccs2)n1. The molecule has 0 aliphatic carbocycles. The van der Waals surface area contributed by atoms with Crippen LogP contribution in [0.4, 0.5) is 0 Å². The molecule has 2 aromatic rings. The third-order valence-electron chi connectivity index (χ3n) is 1.66. The van der Waals surface area contributed by atoms with Gasteiger partial charge >= 0.3 is 0 Å². The quantitative estimate of drug-likeness (QED) is 0.649. The lowest BCUT2D eigenvalue weighted by Gasteiger charge is -1.96. The van der Waals surface area contributed by atoms with Crippen molar-refractivity contribution in [3.8, 4) is 10.6 Å². The van der Waals surface area contributed by atoms with E-state index in [0.717, 1.165) is 11.4 Å². The van der Waals surface area contributed by atoms with Crippen LogP contribution in [0.5, 0.6) is 0 Å². The van der Waals surface area contributed by atoms with Crippen molar-refractivity contribution in [1.29, 1.82) is 0 Å². The van der Waals surface area contributed by atoms with Crippen LogP contribution in [0.15, 0.2) is 35.7 Å². The van der Waals surface area contributed by atoms with E-state index in [1.807, 2.05) is 31.2 Å². The molecule has 0 radical (unpaired) electrons. The summed E-state index contributed by atoms with van der Waals surface area (Å²) in [5.41, 5.74) is 2.14. The first kappa shape index (κ1) is 7.50. The standard InChI is InChI=1S/C10H9NS/c1-8-4-2-5-9(11-8)10-6-3-7-12-10/h2-7H,1H3. The van der Waals surface area contributed by atoms with Gasteiger partial charge in [-0.15, -0.1) is 11.3 Å². The van der Waals surface area contributed by atoms with Crippen LogP contribution in [0, 0.1) is 6.92 Å². The van der Waals surface area contributed by atoms with Gasteiger partial charge in [-0.3, -0.25) is 4.98 Å². The molecule has 2 aromatic heterocycles. The van der Waals surface area contributed by atoms with E-state index in [1.165, 1.54) is 4.88 Å². The van der Waals surface area contributed by atoms with Crippen LogP contribution in [0.2, 0.25) is 0 Å². The van der Waals surface area contributed by atoms with E-state index in [2.05, 4.69) is 16.4 Å². The van der Waals surface area contributed by atoms with E-state index < -0.39 is 0 Å². The molecule has 0 N–H and O–H groups in total. The van der Waals surface area contributed by atoms with Gasteiger partial charge in [0.2, 0.25) is 0 Å². The van der Waals surface area contributed by atoms with E-state index in [1.54, 1.807) is 11.3 Å². The first-order valence-corrected chi connectivity index (χ1v) is 4.72. The highest BCUT2D eigenvalue weighted by Gasteiger charge is 1.98. The van der Waals surface area contributed by atoms with Gasteiger partial charge in [-0.25, -0.2) is 0 Å². The molecule has 2 heterocycles. The second-order valence-electron chi connectivity index (χ2n) is 2.64. The van der Waals surface area contributed by atoms with Crippen LogP contribution in [0.1, 0.15) is 5.69 Å². The van der Waals surface area contributed by atoms with Crippen LogP contribution in [0.3, 0.4) is 0 Å². The molecule has 0 aliphatic rings. The Labute approximate surface area is 75.7 Å². The van der Waals surface area contributed by atoms with Crippen LogP contribution in [0.25, 0.3) is 10.6 Å². The largest absolute Gasteiger partial charge is 0.252 e. The highest BCUT2D eigenvalue weighted by atomic mass is 32.1. The summed E-state index contributed by atoms with van der Waals surface area (Å²) in [5.74, 6) is 0. The summed E-state index contributed by atoms with van der Waals surface area (Å²) in [6.45, 7) is 2.01. The van der Waals surface area contributed by atoms with Crippen molar-refractivity contribution >= 4 is 11.3 Å². The molecule has 60 valence electrons. The van der Waals surface area contributed by atoms with Crippen molar-refractivity contribution in [3.63, 3.8) is 0 Å². The Hall–Kier alpha value is -1.15. The molecule has 1 nitrogen and oxygen atoms in total. The first-order valence-electron chi connectivity index (χ1n) is 3.84. The van der Waals surface area contributed by atoms with E-state index >= 15 is 0 Å². The van der Waals surface area contributed by atoms with E-state index in [4.69, 9.17) is 0 Å². The monoisotopic (exact) mass is 175 g/mol. The van der Waals surface area contributed by atoms with Crippen LogP contribution < -0.4 is 0 Å². The topological polar surface area (TPSA) is 12.9 Å². The van der Waals surface area contributed by atoms with Crippen molar-refractivity contribution in [1.82, 2.24) is 4.98 Å². The van der Waals surface area contributed by atoms with Gasteiger partial charge in [-0.2, -0.15) is 0 Å². The first-order chi connectivity index (χ1) is 5.86. The molecule has 2 rings (SSSR count). The number of aromatic nitrogens is 1. The van der Waals surface area contributed by atoms with Crippen LogP contribution in [-0.4, -0.2) is 4.98 Å². The molecular formula is C10H9NS. The molecule has 2 heteroatoms. The maximum atomic E-state index is 4.43. The molecule has 0 fully saturated rings. The summed E-state index contributed by atoms with van der Waals surface area (Å²) in [5, 5.41) is 2.07. The van der Waals surface area contributed by atoms with Crippen molar-refractivity contribution in [2.75, 3.05) is 0 Å². The summed E-state index contributed by atoms with van der Waals surface area (Å²) in [6, 6.07) is 10.2. The van der Waals surface area contributed by atoms with Gasteiger partial charge in [0.1, 0.15) is 0 Å². The van der Waals surface area contributed by atoms with Crippen molar-refractivity contribution < 1.29 is 0 Å². The number of thiophene rings is 1. The number of pyridine rings is 1. The molecular weight excluding hydrogens is 166 g/mol. The minimum atomic E-state index is 1.07. The Morgan fingerprint density at radius 1 is 1.17 bits per heavy atom. The summed E-state index contributed by atoms with van der Waals surface area (Å²) in [6.07, 6.45) is 0. The number of aryl methyl sites for hydroxylation is 1. The van der Waals surface area contributed by atoms with Gasteiger partial charge in [0.25, 0.3) is 0 Å². The Bertz CT molecular complexity index is 365. The molecule has 0 unspecified atom stereocenters. The van der Waals surface area contributed by atoms with Gasteiger partial charge < -0.3 is 0 Å². The fourth-order valence-corrected chi connectivity index (χ4v) is 1.80. The van der Waals surface area contributed by atoms with E-state index in [9.17, 15) is 0 Å². The second kappa shape index (κ2) is 3.07. The fraction of sp³-hybridized carbons (Fsp3) is 0.100. The molecule has 0 atom stereocenters. The highest BCUT2D eigenvalue weighted by molar-refractivity contribution is 7.13. The minimum Gasteiger partial charge on any atom is -0.252 e. The summed E-state index contributed by atoms with van der Waals surface area (Å²) >= 11 is 1.72. The smallest absolute Gasteiger partial charge is 0.0804 e. The molecule has 12 heavy (non-hydrogen) atoms. The predicted octanol–water partition coefficient (Wildman–Crippen LogP) is 3.12. The Kier molecular flexibility index (Phi) is 1.92. The maximum absolute atomic E-state index is 4.43. The zero-order chi connectivity index (χ0) is 8.39. The zero-order valence-electron chi connectivity index (χ0n) is 6.82. The fourth-order valence-electron chi connectivity index (χ4n) is 1.10. The lowest BCUT2D eigenvalue weighted by atomic mass is 10.3. The average molecular weight is 175 g/mol. The Balaban J connectivity index is 2.48. The normalized spacial score (nSPS) is 10.1. The van der Waals surface area contributed by atoms with Crippen LogP contribution in [-0.2, 0) is 0 Å². The van der Waals surface area contributed by atoms with Gasteiger partial charge in [0.05, 0.1) is 10.6 Å². The lowest BCUT2D eigenvalue weighted by molar-refractivity contribution is 1.21. The van der Waals surface area contributed by atoms with Gasteiger partial charge in [0.15, 0.2) is 0 Å². The maximum Gasteiger partial charge on any atom is 0.0804 e. The number of nitrogens with zero attached hydrogens (tertiary/aromatic N) is 1. The molecule has 0 bridgehead atoms. The van der Waals surface area contributed by atoms with E-state index in [-0.39, 0.29) is 0 Å². The zero-order valence-corrected chi connectivity index (χ0v) is 7.64. The van der Waals surface area contributed by atoms with Crippen molar-refractivity contribution in [2.45, 2.75) is 6.92 Å². The summed E-state index contributed by atoms with van der Waals surface area (Å²) < 4.78 is 0. The number of hydrogen-bond acceptors (Lipinski definition) is 2. The van der Waals surface area contributed by atoms with Gasteiger partial charge in [0, 0.05) is 5.69 Å². The molecule has 0 aromatic carbocycles. The van der Waals surface area contributed by atoms with Crippen LogP contribution >= 0.6 is 11.3 Å². The third-order valence-corrected chi connectivity index (χ3v) is 2.55. The molecule has 0 amide bonds. The lowest BCUT2D eigenvalue weighted by Crippen LogP contribution is -1.82. The number of hydrogen-bond donors (Lipinski definition) is 0. The molecule has 0 saturated carbocycles. The predicted molar refractivity (Wildman–Crippen MR) is 52.3 cm³/mol. The minimum absolute atomic E-state index is 1.07. The second-order valence-corrected chi connectivity index (χ2v) is 3.59. The van der Waals surface area contributed by atoms with Gasteiger partial charge in [-0.05, 0) is 30.5 Å². The van der Waals surface area contributed by atoms with Gasteiger partial charge in [-0.1, -0.05) is 12.1 Å². The Morgan fingerprint density at radius 3 is 2.75 bits per heavy atom. The Morgan fingerprint density at radius 2 is 2.08 bits per heavy atom. The summed E-state index contributed by atoms with van der Waals surface area (Å²) in [4.78, 5) is 5.66. The van der Waals surface area contributed by atoms with Crippen molar-refractivity contribution in [2.24, 2.45) is 0 Å². The third kappa shape index (κ3) is 1.38. The average Bonchev–Trinajstić information content (AvgIpc) is 2.56. The molecule has 0 aliphatic heterocycles. The van der Waals surface area contributed by atoms with E-state index in [0.29, 0.717) is 0 Å².